The van der Waals surface area contributed by atoms with E-state index in [2.05, 4.69) is 15.0 Å². The lowest BCUT2D eigenvalue weighted by Crippen LogP contribution is -2.74. The van der Waals surface area contributed by atoms with Gasteiger partial charge in [0.1, 0.15) is 17.5 Å². The fourth-order valence-corrected chi connectivity index (χ4v) is 4.35. The van der Waals surface area contributed by atoms with Crippen molar-refractivity contribution in [2.24, 2.45) is 10.5 Å². The fourth-order valence-electron chi connectivity index (χ4n) is 4.35. The Morgan fingerprint density at radius 3 is 2.50 bits per heavy atom. The zero-order chi connectivity index (χ0) is 19.3. The second-order valence-corrected chi connectivity index (χ2v) is 7.78. The minimum atomic E-state index is -0.652. The zero-order valence-electron chi connectivity index (χ0n) is 15.1. The standard InChI is InChI=1S/C20H19F2N5O/c21-15-7-14(8-16(22)9-15)17-4-6-24-27(17)19(28)26-12-20(13-26)10-25(11-20)18-3-1-2-5-23-18/h1-3,5-9,17H,4,10-13H2. The van der Waals surface area contributed by atoms with Crippen LogP contribution in [0.3, 0.4) is 0 Å². The molecule has 1 spiro atoms. The van der Waals surface area contributed by atoms with Gasteiger partial charge in [0.25, 0.3) is 0 Å². The third-order valence-corrected chi connectivity index (χ3v) is 5.64. The third-order valence-electron chi connectivity index (χ3n) is 5.64. The molecule has 2 amide bonds. The molecule has 0 saturated carbocycles. The zero-order valence-corrected chi connectivity index (χ0v) is 15.1. The molecule has 0 radical (unpaired) electrons. The van der Waals surface area contributed by atoms with Crippen LogP contribution in [0.25, 0.3) is 0 Å². The normalized spacial score (nSPS) is 22.4. The first kappa shape index (κ1) is 17.1. The molecule has 2 aromatic rings. The van der Waals surface area contributed by atoms with Gasteiger partial charge in [0.2, 0.25) is 0 Å². The maximum absolute atomic E-state index is 13.6. The molecule has 0 N–H and O–H groups in total. The van der Waals surface area contributed by atoms with Crippen LogP contribution in [0, 0.1) is 17.0 Å². The van der Waals surface area contributed by atoms with Crippen LogP contribution < -0.4 is 4.90 Å². The van der Waals surface area contributed by atoms with E-state index in [0.717, 1.165) is 25.0 Å². The molecular weight excluding hydrogens is 364 g/mol. The van der Waals surface area contributed by atoms with E-state index < -0.39 is 17.7 Å². The minimum Gasteiger partial charge on any atom is -0.355 e. The lowest BCUT2D eigenvalue weighted by Gasteiger charge is -2.60. The van der Waals surface area contributed by atoms with Crippen LogP contribution in [0.15, 0.2) is 47.7 Å². The number of carbonyl (C=O) groups excluding carboxylic acids is 1. The van der Waals surface area contributed by atoms with Gasteiger partial charge in [-0.1, -0.05) is 6.07 Å². The van der Waals surface area contributed by atoms with E-state index in [0.29, 0.717) is 25.1 Å². The Balaban J connectivity index is 1.22. The Hall–Kier alpha value is -3.03. The molecule has 6 nitrogen and oxygen atoms in total. The van der Waals surface area contributed by atoms with Crippen LogP contribution >= 0.6 is 0 Å². The molecule has 1 atom stereocenters. The number of anilines is 1. The summed E-state index contributed by atoms with van der Waals surface area (Å²) < 4.78 is 27.1. The quantitative estimate of drug-likeness (QED) is 0.801. The summed E-state index contributed by atoms with van der Waals surface area (Å²) in [6.45, 7) is 3.06. The van der Waals surface area contributed by atoms with E-state index >= 15 is 0 Å². The molecule has 1 aromatic heterocycles. The van der Waals surface area contributed by atoms with Crippen LogP contribution in [-0.4, -0.2) is 53.3 Å². The van der Waals surface area contributed by atoms with Crippen molar-refractivity contribution >= 4 is 18.1 Å². The van der Waals surface area contributed by atoms with Crippen molar-refractivity contribution in [2.45, 2.75) is 12.5 Å². The Labute approximate surface area is 161 Å². The fraction of sp³-hybridized carbons (Fsp3) is 0.350. The summed E-state index contributed by atoms with van der Waals surface area (Å²) in [5.41, 5.74) is 0.528. The van der Waals surface area contributed by atoms with Gasteiger partial charge in [0.15, 0.2) is 0 Å². The molecule has 3 aliphatic rings. The topological polar surface area (TPSA) is 52.0 Å². The highest BCUT2D eigenvalue weighted by Gasteiger charge is 2.54. The molecule has 4 heterocycles. The highest BCUT2D eigenvalue weighted by Crippen LogP contribution is 2.42. The predicted molar refractivity (Wildman–Crippen MR) is 99.9 cm³/mol. The Kier molecular flexibility index (Phi) is 3.82. The predicted octanol–water partition coefficient (Wildman–Crippen LogP) is 3.03. The number of amides is 2. The number of carbonyl (C=O) groups is 1. The van der Waals surface area contributed by atoms with Gasteiger partial charge in [-0.2, -0.15) is 5.10 Å². The van der Waals surface area contributed by atoms with Gasteiger partial charge in [-0.25, -0.2) is 23.6 Å². The maximum atomic E-state index is 13.6. The van der Waals surface area contributed by atoms with Crippen LogP contribution in [-0.2, 0) is 0 Å². The number of urea groups is 1. The molecule has 28 heavy (non-hydrogen) atoms. The number of nitrogens with zero attached hydrogens (tertiary/aromatic N) is 5. The number of rotatable bonds is 2. The smallest absolute Gasteiger partial charge is 0.341 e. The van der Waals surface area contributed by atoms with Gasteiger partial charge in [-0.3, -0.25) is 0 Å². The van der Waals surface area contributed by atoms with E-state index in [1.165, 1.54) is 17.1 Å². The molecule has 8 heteroatoms. The molecule has 1 aromatic carbocycles. The lowest BCUT2D eigenvalue weighted by molar-refractivity contribution is -0.00689. The first-order valence-electron chi connectivity index (χ1n) is 9.26. The number of hydrogen-bond acceptors (Lipinski definition) is 4. The first-order chi connectivity index (χ1) is 13.5. The number of hydrazone groups is 1. The van der Waals surface area contributed by atoms with Crippen molar-refractivity contribution in [2.75, 3.05) is 31.1 Å². The maximum Gasteiger partial charge on any atom is 0.341 e. The third kappa shape index (κ3) is 2.80. The van der Waals surface area contributed by atoms with Crippen LogP contribution in [0.2, 0.25) is 0 Å². The summed E-state index contributed by atoms with van der Waals surface area (Å²) in [5.74, 6) is -0.349. The van der Waals surface area contributed by atoms with Gasteiger partial charge in [0, 0.05) is 56.5 Å². The number of halogens is 2. The highest BCUT2D eigenvalue weighted by molar-refractivity contribution is 5.79. The largest absolute Gasteiger partial charge is 0.355 e. The number of aromatic nitrogens is 1. The van der Waals surface area contributed by atoms with Crippen LogP contribution in [0.1, 0.15) is 18.0 Å². The number of hydrogen-bond donors (Lipinski definition) is 0. The average Bonchev–Trinajstić information content (AvgIpc) is 3.09. The lowest BCUT2D eigenvalue weighted by atomic mass is 9.73. The average molecular weight is 383 g/mol. The molecule has 2 fully saturated rings. The van der Waals surface area contributed by atoms with Crippen molar-refractivity contribution < 1.29 is 13.6 Å². The van der Waals surface area contributed by atoms with Gasteiger partial charge >= 0.3 is 6.03 Å². The molecule has 0 bridgehead atoms. The summed E-state index contributed by atoms with van der Waals surface area (Å²) >= 11 is 0. The number of benzene rings is 1. The van der Waals surface area contributed by atoms with Crippen molar-refractivity contribution in [3.8, 4) is 0 Å². The monoisotopic (exact) mass is 383 g/mol. The Morgan fingerprint density at radius 2 is 1.82 bits per heavy atom. The van der Waals surface area contributed by atoms with Crippen molar-refractivity contribution in [3.63, 3.8) is 0 Å². The summed E-state index contributed by atoms with van der Waals surface area (Å²) in [5, 5.41) is 5.51. The molecule has 3 aliphatic heterocycles. The Bertz CT molecular complexity index is 917. The van der Waals surface area contributed by atoms with Crippen molar-refractivity contribution in [1.29, 1.82) is 0 Å². The van der Waals surface area contributed by atoms with E-state index in [9.17, 15) is 13.6 Å². The summed E-state index contributed by atoms with van der Waals surface area (Å²) in [4.78, 5) is 21.2. The second-order valence-electron chi connectivity index (χ2n) is 7.78. The van der Waals surface area contributed by atoms with E-state index in [-0.39, 0.29) is 11.4 Å². The highest BCUT2D eigenvalue weighted by atomic mass is 19.1. The van der Waals surface area contributed by atoms with Crippen LogP contribution in [0.5, 0.6) is 0 Å². The summed E-state index contributed by atoms with van der Waals surface area (Å²) in [6.07, 6.45) is 3.84. The molecule has 5 rings (SSSR count). The van der Waals surface area contributed by atoms with E-state index in [1.807, 2.05) is 18.2 Å². The van der Waals surface area contributed by atoms with Gasteiger partial charge < -0.3 is 9.80 Å². The summed E-state index contributed by atoms with van der Waals surface area (Å²) in [6, 6.07) is 8.50. The molecule has 2 saturated heterocycles. The van der Waals surface area contributed by atoms with Gasteiger partial charge in [-0.05, 0) is 29.8 Å². The first-order valence-corrected chi connectivity index (χ1v) is 9.26. The Morgan fingerprint density at radius 1 is 1.07 bits per heavy atom. The second kappa shape index (κ2) is 6.25. The molecule has 0 aliphatic carbocycles. The van der Waals surface area contributed by atoms with Crippen LogP contribution in [0.4, 0.5) is 19.4 Å². The minimum absolute atomic E-state index is 0.108. The number of pyridine rings is 1. The molecule has 144 valence electrons. The van der Waals surface area contributed by atoms with E-state index in [4.69, 9.17) is 0 Å². The van der Waals surface area contributed by atoms with Crippen molar-refractivity contribution in [3.05, 3.63) is 59.8 Å². The van der Waals surface area contributed by atoms with Gasteiger partial charge in [-0.15, -0.1) is 0 Å². The molecule has 1 unspecified atom stereocenters. The van der Waals surface area contributed by atoms with Gasteiger partial charge in [0.05, 0.1) is 6.04 Å². The summed E-state index contributed by atoms with van der Waals surface area (Å²) in [7, 11) is 0. The molecular formula is C20H19F2N5O. The number of likely N-dealkylation sites (tertiary alicyclic amines) is 1. The van der Waals surface area contributed by atoms with Crippen molar-refractivity contribution in [1.82, 2.24) is 14.9 Å². The SMILES string of the molecule is O=C(N1CC2(C1)CN(c1ccccn1)C2)N1N=CCC1c1cc(F)cc(F)c1. The van der Waals surface area contributed by atoms with E-state index in [1.54, 1.807) is 17.3 Å².